The molecule has 2 aromatic heterocycles. The number of anilines is 1. The summed E-state index contributed by atoms with van der Waals surface area (Å²) in [6, 6.07) is 5.60. The van der Waals surface area contributed by atoms with Crippen molar-refractivity contribution < 1.29 is 18.7 Å². The molecule has 1 aliphatic heterocycles. The van der Waals surface area contributed by atoms with Crippen LogP contribution in [0.4, 0.5) is 10.2 Å². The van der Waals surface area contributed by atoms with E-state index in [2.05, 4.69) is 20.7 Å². The fourth-order valence-corrected chi connectivity index (χ4v) is 2.75. The largest absolute Gasteiger partial charge is 0.478 e. The van der Waals surface area contributed by atoms with Crippen molar-refractivity contribution in [1.82, 2.24) is 19.9 Å². The summed E-state index contributed by atoms with van der Waals surface area (Å²) in [4.78, 5) is 28.6. The summed E-state index contributed by atoms with van der Waals surface area (Å²) in [5.74, 6) is -0.924. The van der Waals surface area contributed by atoms with Gasteiger partial charge in [0.15, 0.2) is 11.8 Å². The van der Waals surface area contributed by atoms with Crippen molar-refractivity contribution in [3.8, 4) is 5.75 Å². The summed E-state index contributed by atoms with van der Waals surface area (Å²) in [6.45, 7) is 0.0298. The van der Waals surface area contributed by atoms with Gasteiger partial charge in [-0.15, -0.1) is 0 Å². The summed E-state index contributed by atoms with van der Waals surface area (Å²) < 4.78 is 20.8. The molecule has 0 aliphatic carbocycles. The molecule has 3 heterocycles. The highest BCUT2D eigenvalue weighted by atomic mass is 19.1. The smallest absolute Gasteiger partial charge is 0.260 e. The topological polar surface area (TPSA) is 124 Å². The second-order valence-electron chi connectivity index (χ2n) is 5.96. The molecule has 9 nitrogen and oxygen atoms in total. The second kappa shape index (κ2) is 6.56. The molecule has 1 atom stereocenters. The molecule has 4 N–H and O–H groups in total. The average molecular weight is 370 g/mol. The first-order valence-electron chi connectivity index (χ1n) is 8.12. The van der Waals surface area contributed by atoms with Crippen molar-refractivity contribution in [2.75, 3.05) is 11.9 Å². The van der Waals surface area contributed by atoms with Gasteiger partial charge < -0.3 is 21.1 Å². The summed E-state index contributed by atoms with van der Waals surface area (Å²) in [5, 5.41) is 9.73. The summed E-state index contributed by atoms with van der Waals surface area (Å²) >= 11 is 0. The number of fused-ring (bicyclic) bond motifs is 2. The first kappa shape index (κ1) is 16.8. The van der Waals surface area contributed by atoms with Gasteiger partial charge in [-0.1, -0.05) is 0 Å². The molecule has 0 saturated heterocycles. The molecule has 0 radical (unpaired) electrons. The van der Waals surface area contributed by atoms with Crippen molar-refractivity contribution in [2.24, 2.45) is 5.73 Å². The predicted molar refractivity (Wildman–Crippen MR) is 92.7 cm³/mol. The molecule has 2 bridgehead atoms. The lowest BCUT2D eigenvalue weighted by atomic mass is 10.2. The molecular formula is C17H15FN6O3. The lowest BCUT2D eigenvalue weighted by Crippen LogP contribution is -2.43. The third kappa shape index (κ3) is 3.24. The minimum Gasteiger partial charge on any atom is -0.478 e. The molecule has 1 unspecified atom stereocenters. The Balaban J connectivity index is 1.79. The van der Waals surface area contributed by atoms with E-state index in [1.165, 1.54) is 28.9 Å². The van der Waals surface area contributed by atoms with Crippen LogP contribution in [0.25, 0.3) is 5.65 Å². The van der Waals surface area contributed by atoms with Crippen molar-refractivity contribution in [3.63, 3.8) is 0 Å². The molecule has 1 aromatic carbocycles. The lowest BCUT2D eigenvalue weighted by molar-refractivity contribution is -0.124. The highest BCUT2D eigenvalue weighted by Gasteiger charge is 2.23. The van der Waals surface area contributed by atoms with Crippen LogP contribution in [-0.2, 0) is 11.3 Å². The number of rotatable bonds is 1. The molecule has 1 aliphatic rings. The molecule has 0 saturated carbocycles. The quantitative estimate of drug-likeness (QED) is 0.572. The van der Waals surface area contributed by atoms with Crippen LogP contribution in [0, 0.1) is 5.82 Å². The van der Waals surface area contributed by atoms with Gasteiger partial charge in [0.2, 0.25) is 0 Å². The van der Waals surface area contributed by atoms with Gasteiger partial charge in [0.25, 0.3) is 11.8 Å². The first-order valence-corrected chi connectivity index (χ1v) is 8.12. The fourth-order valence-electron chi connectivity index (χ4n) is 2.75. The van der Waals surface area contributed by atoms with Gasteiger partial charge in [-0.25, -0.2) is 13.9 Å². The molecule has 0 fully saturated rings. The van der Waals surface area contributed by atoms with Gasteiger partial charge in [-0.3, -0.25) is 9.59 Å². The van der Waals surface area contributed by atoms with Crippen LogP contribution >= 0.6 is 0 Å². The Hall–Kier alpha value is -3.69. The van der Waals surface area contributed by atoms with Crippen LogP contribution in [0.5, 0.6) is 5.75 Å². The molecule has 27 heavy (non-hydrogen) atoms. The molecule has 4 rings (SSSR count). The van der Waals surface area contributed by atoms with Crippen molar-refractivity contribution >= 4 is 23.3 Å². The molecular weight excluding hydrogens is 355 g/mol. The van der Waals surface area contributed by atoms with Crippen LogP contribution in [-0.4, -0.2) is 39.1 Å². The van der Waals surface area contributed by atoms with E-state index >= 15 is 0 Å². The van der Waals surface area contributed by atoms with Gasteiger partial charge in [-0.05, 0) is 24.3 Å². The number of carbonyl (C=O) groups is 2. The third-order valence-corrected chi connectivity index (χ3v) is 4.13. The number of ether oxygens (including phenoxy) is 1. The Labute approximate surface area is 152 Å². The number of benzene rings is 1. The number of nitrogens with two attached hydrogens (primary N) is 1. The average Bonchev–Trinajstić information content (AvgIpc) is 3.07. The number of halogens is 1. The van der Waals surface area contributed by atoms with Crippen LogP contribution < -0.4 is 21.1 Å². The molecule has 2 amide bonds. The highest BCUT2D eigenvalue weighted by molar-refractivity contribution is 6.00. The number of nitrogens with one attached hydrogen (secondary N) is 2. The third-order valence-electron chi connectivity index (χ3n) is 4.13. The number of carbonyl (C=O) groups excluding carboxylic acids is 2. The zero-order valence-electron chi connectivity index (χ0n) is 14.0. The zero-order valence-corrected chi connectivity index (χ0v) is 14.0. The summed E-state index contributed by atoms with van der Waals surface area (Å²) in [7, 11) is 0. The maximum absolute atomic E-state index is 13.7. The second-order valence-corrected chi connectivity index (χ2v) is 5.96. The number of nitrogens with zero attached hydrogens (tertiary/aromatic N) is 3. The van der Waals surface area contributed by atoms with Crippen molar-refractivity contribution in [2.45, 2.75) is 12.6 Å². The van der Waals surface area contributed by atoms with E-state index in [1.807, 2.05) is 0 Å². The number of aromatic nitrogens is 3. The Kier molecular flexibility index (Phi) is 4.07. The first-order chi connectivity index (χ1) is 13.0. The van der Waals surface area contributed by atoms with Gasteiger partial charge in [-0.2, -0.15) is 5.10 Å². The normalized spacial score (nSPS) is 16.9. The number of hydrogen-bond acceptors (Lipinski definition) is 6. The van der Waals surface area contributed by atoms with Crippen LogP contribution in [0.1, 0.15) is 15.9 Å². The number of amides is 2. The lowest BCUT2D eigenvalue weighted by Gasteiger charge is -2.19. The van der Waals surface area contributed by atoms with E-state index in [4.69, 9.17) is 10.5 Å². The Morgan fingerprint density at radius 1 is 1.33 bits per heavy atom. The predicted octanol–water partition coefficient (Wildman–Crippen LogP) is 0.457. The van der Waals surface area contributed by atoms with E-state index in [9.17, 15) is 14.0 Å². The number of hydrogen-bond donors (Lipinski definition) is 3. The minimum atomic E-state index is -1.12. The Morgan fingerprint density at radius 2 is 2.19 bits per heavy atom. The van der Waals surface area contributed by atoms with Crippen LogP contribution in [0.3, 0.4) is 0 Å². The SMILES string of the molecule is NC(=O)C1CNC(=O)c2cnn3ccc(nc23)NCc2cc(F)ccc2O1. The van der Waals surface area contributed by atoms with Crippen LogP contribution in [0.15, 0.2) is 36.7 Å². The van der Waals surface area contributed by atoms with E-state index in [1.54, 1.807) is 12.3 Å². The maximum atomic E-state index is 13.7. The van der Waals surface area contributed by atoms with Gasteiger partial charge >= 0.3 is 0 Å². The monoisotopic (exact) mass is 370 g/mol. The fraction of sp³-hybridized carbons (Fsp3) is 0.176. The molecule has 138 valence electrons. The molecule has 3 aromatic rings. The minimum absolute atomic E-state index is 0.157. The Morgan fingerprint density at radius 3 is 3.00 bits per heavy atom. The molecule has 10 heteroatoms. The summed E-state index contributed by atoms with van der Waals surface area (Å²) in [5.41, 5.74) is 6.44. The van der Waals surface area contributed by atoms with Gasteiger partial charge in [0, 0.05) is 18.3 Å². The van der Waals surface area contributed by atoms with Gasteiger partial charge in [0.1, 0.15) is 22.9 Å². The standard InChI is InChI=1S/C17H15FN6O3/c18-10-1-2-12-9(5-10)6-20-14-3-4-24-16(23-14)11(7-22-24)17(26)21-8-13(27-12)15(19)25/h1-5,7,13H,6,8H2,(H2,19,25)(H,20,23)(H,21,26). The maximum Gasteiger partial charge on any atom is 0.260 e. The van der Waals surface area contributed by atoms with Gasteiger partial charge in [0.05, 0.1) is 12.7 Å². The van der Waals surface area contributed by atoms with Crippen molar-refractivity contribution in [3.05, 3.63) is 53.6 Å². The Bertz CT molecular complexity index is 1050. The van der Waals surface area contributed by atoms with Crippen molar-refractivity contribution in [1.29, 1.82) is 0 Å². The highest BCUT2D eigenvalue weighted by Crippen LogP contribution is 2.23. The van der Waals surface area contributed by atoms with E-state index < -0.39 is 23.7 Å². The van der Waals surface area contributed by atoms with E-state index in [0.29, 0.717) is 17.0 Å². The van der Waals surface area contributed by atoms with E-state index in [0.717, 1.165) is 0 Å². The number of primary amides is 1. The molecule has 0 spiro atoms. The van der Waals surface area contributed by atoms with Crippen LogP contribution in [0.2, 0.25) is 0 Å². The zero-order chi connectivity index (χ0) is 19.0. The van der Waals surface area contributed by atoms with E-state index in [-0.39, 0.29) is 24.4 Å². The summed E-state index contributed by atoms with van der Waals surface area (Å²) in [6.07, 6.45) is 1.91.